The molecule has 13 heavy (non-hydrogen) atoms. The molecule has 70 valence electrons. The standard InChI is InChI=1S/C11H16N2/c1-11(2,3)13-12-9-10-7-5-4-6-8-10/h4-9,13H,1-3H3. The Hall–Kier alpha value is -1.31. The molecule has 0 bridgehead atoms. The zero-order chi connectivity index (χ0) is 9.73. The summed E-state index contributed by atoms with van der Waals surface area (Å²) in [4.78, 5) is 0. The molecule has 1 aromatic rings. The number of benzene rings is 1. The summed E-state index contributed by atoms with van der Waals surface area (Å²) in [5, 5.41) is 4.14. The lowest BCUT2D eigenvalue weighted by Gasteiger charge is -2.16. The second-order valence-electron chi connectivity index (χ2n) is 4.03. The molecule has 0 spiro atoms. The van der Waals surface area contributed by atoms with E-state index < -0.39 is 0 Å². The van der Waals surface area contributed by atoms with Crippen molar-refractivity contribution >= 4 is 6.21 Å². The number of nitrogens with zero attached hydrogens (tertiary/aromatic N) is 1. The van der Waals surface area contributed by atoms with Gasteiger partial charge in [0.15, 0.2) is 0 Å². The van der Waals surface area contributed by atoms with Gasteiger partial charge in [0.1, 0.15) is 0 Å². The molecule has 1 aromatic carbocycles. The molecule has 2 nitrogen and oxygen atoms in total. The minimum absolute atomic E-state index is 0.0330. The van der Waals surface area contributed by atoms with Crippen LogP contribution in [0.1, 0.15) is 26.3 Å². The fourth-order valence-corrected chi connectivity index (χ4v) is 0.840. The van der Waals surface area contributed by atoms with Gasteiger partial charge in [-0.05, 0) is 26.3 Å². The van der Waals surface area contributed by atoms with Gasteiger partial charge >= 0.3 is 0 Å². The van der Waals surface area contributed by atoms with Gasteiger partial charge in [-0.25, -0.2) is 0 Å². The highest BCUT2D eigenvalue weighted by Crippen LogP contribution is 1.98. The molecule has 0 unspecified atom stereocenters. The van der Waals surface area contributed by atoms with Crippen LogP contribution < -0.4 is 5.43 Å². The maximum Gasteiger partial charge on any atom is 0.0540 e. The van der Waals surface area contributed by atoms with Gasteiger partial charge in [-0.1, -0.05) is 30.3 Å². The quantitative estimate of drug-likeness (QED) is 0.543. The van der Waals surface area contributed by atoms with Gasteiger partial charge in [0.25, 0.3) is 0 Å². The van der Waals surface area contributed by atoms with Gasteiger partial charge in [0.05, 0.1) is 6.21 Å². The van der Waals surface area contributed by atoms with E-state index in [-0.39, 0.29) is 5.54 Å². The van der Waals surface area contributed by atoms with Gasteiger partial charge in [0.2, 0.25) is 0 Å². The van der Waals surface area contributed by atoms with Gasteiger partial charge in [-0.2, -0.15) is 5.10 Å². The molecule has 0 saturated heterocycles. The molecule has 0 saturated carbocycles. The topological polar surface area (TPSA) is 24.4 Å². The van der Waals surface area contributed by atoms with Gasteiger partial charge < -0.3 is 5.43 Å². The third-order valence-corrected chi connectivity index (χ3v) is 1.41. The van der Waals surface area contributed by atoms with Crippen LogP contribution in [0.25, 0.3) is 0 Å². The smallest absolute Gasteiger partial charge is 0.0540 e. The second kappa shape index (κ2) is 4.08. The van der Waals surface area contributed by atoms with E-state index in [1.165, 1.54) is 0 Å². The fraction of sp³-hybridized carbons (Fsp3) is 0.364. The first-order chi connectivity index (χ1) is 6.08. The molecule has 2 heteroatoms. The Bertz CT molecular complexity index is 270. The molecular formula is C11H16N2. The van der Waals surface area contributed by atoms with Crippen LogP contribution >= 0.6 is 0 Å². The number of hydrogen-bond donors (Lipinski definition) is 1. The Kier molecular flexibility index (Phi) is 3.07. The van der Waals surface area contributed by atoms with Crippen molar-refractivity contribution in [2.24, 2.45) is 5.10 Å². The van der Waals surface area contributed by atoms with Crippen molar-refractivity contribution < 1.29 is 0 Å². The molecule has 0 heterocycles. The lowest BCUT2D eigenvalue weighted by atomic mass is 10.1. The average Bonchev–Trinajstić information content (AvgIpc) is 2.04. The zero-order valence-corrected chi connectivity index (χ0v) is 8.41. The third-order valence-electron chi connectivity index (χ3n) is 1.41. The summed E-state index contributed by atoms with van der Waals surface area (Å²) in [6, 6.07) is 10.0. The van der Waals surface area contributed by atoms with Crippen LogP contribution in [0.3, 0.4) is 0 Å². The zero-order valence-electron chi connectivity index (χ0n) is 8.41. The highest BCUT2D eigenvalue weighted by atomic mass is 15.3. The molecular weight excluding hydrogens is 160 g/mol. The van der Waals surface area contributed by atoms with Crippen LogP contribution in [0.2, 0.25) is 0 Å². The Balaban J connectivity index is 2.51. The van der Waals surface area contributed by atoms with E-state index in [9.17, 15) is 0 Å². The summed E-state index contributed by atoms with van der Waals surface area (Å²) in [7, 11) is 0. The van der Waals surface area contributed by atoms with E-state index in [0.29, 0.717) is 0 Å². The monoisotopic (exact) mass is 176 g/mol. The minimum Gasteiger partial charge on any atom is -0.305 e. The second-order valence-corrected chi connectivity index (χ2v) is 4.03. The summed E-state index contributed by atoms with van der Waals surface area (Å²) < 4.78 is 0. The van der Waals surface area contributed by atoms with Gasteiger partial charge in [-0.3, -0.25) is 0 Å². The third kappa shape index (κ3) is 4.31. The van der Waals surface area contributed by atoms with E-state index in [0.717, 1.165) is 5.56 Å². The van der Waals surface area contributed by atoms with Crippen molar-refractivity contribution in [3.05, 3.63) is 35.9 Å². The predicted molar refractivity (Wildman–Crippen MR) is 56.9 cm³/mol. The molecule has 0 aliphatic carbocycles. The average molecular weight is 176 g/mol. The molecule has 0 aliphatic heterocycles. The Labute approximate surface area is 79.7 Å². The van der Waals surface area contributed by atoms with Crippen LogP contribution in [0.15, 0.2) is 35.4 Å². The molecule has 0 aliphatic rings. The minimum atomic E-state index is 0.0330. The molecule has 0 radical (unpaired) electrons. The summed E-state index contributed by atoms with van der Waals surface area (Å²) in [5.41, 5.74) is 4.18. The molecule has 0 aromatic heterocycles. The molecule has 1 N–H and O–H groups in total. The molecule has 1 rings (SSSR count). The highest BCUT2D eigenvalue weighted by Gasteiger charge is 2.05. The van der Waals surface area contributed by atoms with Crippen LogP contribution in [-0.4, -0.2) is 11.8 Å². The summed E-state index contributed by atoms with van der Waals surface area (Å²) >= 11 is 0. The first-order valence-corrected chi connectivity index (χ1v) is 4.43. The highest BCUT2D eigenvalue weighted by molar-refractivity contribution is 5.79. The fourth-order valence-electron chi connectivity index (χ4n) is 0.840. The summed E-state index contributed by atoms with van der Waals surface area (Å²) in [5.74, 6) is 0. The van der Waals surface area contributed by atoms with Crippen LogP contribution in [0.4, 0.5) is 0 Å². The van der Waals surface area contributed by atoms with E-state index in [2.05, 4.69) is 31.3 Å². The van der Waals surface area contributed by atoms with Crippen molar-refractivity contribution in [3.63, 3.8) is 0 Å². The van der Waals surface area contributed by atoms with Gasteiger partial charge in [0, 0.05) is 5.54 Å². The molecule has 0 atom stereocenters. The van der Waals surface area contributed by atoms with Crippen molar-refractivity contribution in [2.45, 2.75) is 26.3 Å². The Morgan fingerprint density at radius 2 is 1.77 bits per heavy atom. The predicted octanol–water partition coefficient (Wildman–Crippen LogP) is 2.41. The summed E-state index contributed by atoms with van der Waals surface area (Å²) in [6.45, 7) is 6.24. The number of nitrogens with one attached hydrogen (secondary N) is 1. The maximum absolute atomic E-state index is 4.14. The lowest BCUT2D eigenvalue weighted by molar-refractivity contribution is 0.442. The van der Waals surface area contributed by atoms with Crippen molar-refractivity contribution in [2.75, 3.05) is 0 Å². The van der Waals surface area contributed by atoms with E-state index in [4.69, 9.17) is 0 Å². The first-order valence-electron chi connectivity index (χ1n) is 4.43. The van der Waals surface area contributed by atoms with E-state index in [1.807, 2.05) is 36.5 Å². The van der Waals surface area contributed by atoms with E-state index >= 15 is 0 Å². The van der Waals surface area contributed by atoms with Crippen molar-refractivity contribution in [1.29, 1.82) is 0 Å². The van der Waals surface area contributed by atoms with Gasteiger partial charge in [-0.15, -0.1) is 0 Å². The first kappa shape index (κ1) is 9.78. The number of hydrazone groups is 1. The van der Waals surface area contributed by atoms with Crippen molar-refractivity contribution in [3.8, 4) is 0 Å². The largest absolute Gasteiger partial charge is 0.305 e. The summed E-state index contributed by atoms with van der Waals surface area (Å²) in [6.07, 6.45) is 1.82. The number of hydrogen-bond acceptors (Lipinski definition) is 2. The SMILES string of the molecule is CC(C)(C)NN=Cc1ccccc1. The van der Waals surface area contributed by atoms with Crippen LogP contribution in [0, 0.1) is 0 Å². The molecule has 0 fully saturated rings. The lowest BCUT2D eigenvalue weighted by Crippen LogP contribution is -2.31. The van der Waals surface area contributed by atoms with Crippen molar-refractivity contribution in [1.82, 2.24) is 5.43 Å². The Morgan fingerprint density at radius 3 is 2.31 bits per heavy atom. The molecule has 0 amide bonds. The van der Waals surface area contributed by atoms with Crippen LogP contribution in [-0.2, 0) is 0 Å². The van der Waals surface area contributed by atoms with E-state index in [1.54, 1.807) is 0 Å². The normalized spacial score (nSPS) is 11.9. The maximum atomic E-state index is 4.14. The Morgan fingerprint density at radius 1 is 1.15 bits per heavy atom. The van der Waals surface area contributed by atoms with Crippen LogP contribution in [0.5, 0.6) is 0 Å². The number of rotatable bonds is 2.